The summed E-state index contributed by atoms with van der Waals surface area (Å²) in [6, 6.07) is 6.36. The Balaban J connectivity index is 1.09. The molecule has 7 rings (SSSR count). The van der Waals surface area contributed by atoms with Gasteiger partial charge < -0.3 is 0 Å². The second-order valence-electron chi connectivity index (χ2n) is 11.3. The van der Waals surface area contributed by atoms with Crippen molar-refractivity contribution in [1.29, 1.82) is 0 Å². The quantitative estimate of drug-likeness (QED) is 0.182. The minimum absolute atomic E-state index is 0.933. The zero-order valence-corrected chi connectivity index (χ0v) is 47.8. The van der Waals surface area contributed by atoms with Crippen LogP contribution in [0.25, 0.3) is 0 Å². The maximum absolute atomic E-state index is 3.50. The van der Waals surface area contributed by atoms with Gasteiger partial charge in [-0.1, -0.05) is 218 Å². The molecule has 0 aliphatic carbocycles. The van der Waals surface area contributed by atoms with Crippen LogP contribution in [0, 0.1) is 35.5 Å². The van der Waals surface area contributed by atoms with Gasteiger partial charge in [-0.15, -0.1) is 70.6 Å². The molecule has 6 heterocycles. The molecule has 0 amide bonds. The first-order valence-corrected chi connectivity index (χ1v) is 34.4. The molecule has 0 aromatic heterocycles. The summed E-state index contributed by atoms with van der Waals surface area (Å²) in [5, 5.41) is 6.62. The minimum Gasteiger partial charge on any atom is -0.118 e. The predicted octanol–water partition coefficient (Wildman–Crippen LogP) is 19.4. The normalized spacial score (nSPS) is 19.0. The van der Waals surface area contributed by atoms with E-state index in [1.165, 1.54) is 50.8 Å². The van der Waals surface area contributed by atoms with Gasteiger partial charge in [0, 0.05) is 16.7 Å². The van der Waals surface area contributed by atoms with Crippen LogP contribution in [0.1, 0.15) is 58.2 Å². The Morgan fingerprint density at radius 2 is 0.550 bits per heavy atom. The smallest absolute Gasteiger partial charge is 0.0717 e. The van der Waals surface area contributed by atoms with E-state index in [2.05, 4.69) is 111 Å². The highest BCUT2D eigenvalue weighted by atomic mass is 32.3. The van der Waals surface area contributed by atoms with Gasteiger partial charge in [-0.05, 0) is 68.9 Å². The third-order valence-electron chi connectivity index (χ3n) is 7.12. The second-order valence-corrected chi connectivity index (χ2v) is 34.0. The van der Waals surface area contributed by atoms with E-state index in [-0.39, 0.29) is 0 Å². The lowest BCUT2D eigenvalue weighted by Gasteiger charge is -2.01. The zero-order valence-electron chi connectivity index (χ0n) is 33.1. The molecule has 0 saturated heterocycles. The SMILES string of the molecule is CCSC1=C(SCC)SC(=C2SC=C(C#Cc3cc(C#CC4=CSC(=C5SC(SCC)=C(SCC)S5)S4)cc(C#CC4=CSC(=C5SC(SCC)=C(SCC)S5)S4)c3)S2)S1. The Hall–Kier alpha value is 1.86. The van der Waals surface area contributed by atoms with Gasteiger partial charge in [0.1, 0.15) is 0 Å². The maximum Gasteiger partial charge on any atom is 0.0717 e. The number of hydrogen-bond acceptors (Lipinski definition) is 18. The molecule has 0 fully saturated rings. The fourth-order valence-electron chi connectivity index (χ4n) is 4.83. The van der Waals surface area contributed by atoms with E-state index < -0.39 is 0 Å². The predicted molar refractivity (Wildman–Crippen MR) is 313 cm³/mol. The van der Waals surface area contributed by atoms with Crippen molar-refractivity contribution in [3.05, 3.63) is 117 Å². The van der Waals surface area contributed by atoms with Gasteiger partial charge >= 0.3 is 0 Å². The first kappa shape index (κ1) is 49.8. The van der Waals surface area contributed by atoms with Crippen molar-refractivity contribution in [3.63, 3.8) is 0 Å². The third kappa shape index (κ3) is 14.0. The Bertz CT molecular complexity index is 2040. The molecular formula is C42H36S18. The van der Waals surface area contributed by atoms with Crippen LogP contribution in [-0.4, -0.2) is 34.5 Å². The van der Waals surface area contributed by atoms with Crippen LogP contribution in [0.3, 0.4) is 0 Å². The molecule has 6 aliphatic heterocycles. The summed E-state index contributed by atoms with van der Waals surface area (Å²) >= 11 is 34.1. The standard InChI is InChI=1S/C42H36S18/c1-7-43-31-32(44-8-2)56-40(55-31)37-49-22-28(52-37)16-13-25-19-26(14-17-29-23-50-38(53-29)41-57-33(45-9-3)34(58-41)46-10-4)21-27(20-25)15-18-30-24-51-39(54-30)42-59-35(47-11-5)36(60-42)48-12-6/h19-24H,7-12H2,1-6H3. The number of benzene rings is 1. The van der Waals surface area contributed by atoms with Gasteiger partial charge in [-0.2, -0.15) is 0 Å². The Kier molecular flexibility index (Phi) is 21.4. The van der Waals surface area contributed by atoms with Crippen LogP contribution in [0.2, 0.25) is 0 Å². The number of allylic oxidation sites excluding steroid dienone is 3. The van der Waals surface area contributed by atoms with E-state index in [1.54, 1.807) is 70.6 Å². The van der Waals surface area contributed by atoms with Crippen molar-refractivity contribution in [2.75, 3.05) is 34.5 Å². The molecule has 1 aromatic rings. The molecule has 0 N–H and O–H groups in total. The van der Waals surface area contributed by atoms with Gasteiger partial charge in [-0.3, -0.25) is 0 Å². The molecule has 18 heteroatoms. The summed E-state index contributed by atoms with van der Waals surface area (Å²) in [5.74, 6) is 27.6. The number of thioether (sulfide) groups is 18. The molecule has 0 atom stereocenters. The van der Waals surface area contributed by atoms with Gasteiger partial charge in [0.05, 0.1) is 65.6 Å². The van der Waals surface area contributed by atoms with Crippen LogP contribution >= 0.6 is 212 Å². The molecule has 0 saturated carbocycles. The van der Waals surface area contributed by atoms with Gasteiger partial charge in [0.25, 0.3) is 0 Å². The molecular weight excluding hydrogens is 1080 g/mol. The van der Waals surface area contributed by atoms with Crippen molar-refractivity contribution in [2.24, 2.45) is 0 Å². The van der Waals surface area contributed by atoms with E-state index in [1.807, 2.05) is 141 Å². The van der Waals surface area contributed by atoms with Crippen molar-refractivity contribution >= 4 is 212 Å². The summed E-state index contributed by atoms with van der Waals surface area (Å²) in [7, 11) is 0. The highest BCUT2D eigenvalue weighted by Gasteiger charge is 2.29. The highest BCUT2D eigenvalue weighted by Crippen LogP contribution is 2.65. The Morgan fingerprint density at radius 1 is 0.317 bits per heavy atom. The summed E-state index contributed by atoms with van der Waals surface area (Å²) < 4.78 is 16.8. The average molecular weight is 1120 g/mol. The largest absolute Gasteiger partial charge is 0.118 e. The summed E-state index contributed by atoms with van der Waals surface area (Å²) in [6.45, 7) is 13.4. The Labute approximate surface area is 434 Å². The van der Waals surface area contributed by atoms with E-state index in [9.17, 15) is 0 Å². The van der Waals surface area contributed by atoms with Crippen LogP contribution in [0.4, 0.5) is 0 Å². The highest BCUT2D eigenvalue weighted by molar-refractivity contribution is 8.44. The summed E-state index contributed by atoms with van der Waals surface area (Å²) in [4.78, 5) is 3.25. The lowest BCUT2D eigenvalue weighted by atomic mass is 10.1. The van der Waals surface area contributed by atoms with E-state index in [0.29, 0.717) is 0 Å². The lowest BCUT2D eigenvalue weighted by molar-refractivity contribution is 1.53. The van der Waals surface area contributed by atoms with Crippen molar-refractivity contribution in [3.8, 4) is 35.5 Å². The van der Waals surface area contributed by atoms with Crippen LogP contribution in [0.5, 0.6) is 0 Å². The molecule has 1 aromatic carbocycles. The fraction of sp³-hybridized carbons (Fsp3) is 0.286. The second kappa shape index (κ2) is 25.8. The van der Waals surface area contributed by atoms with E-state index in [4.69, 9.17) is 0 Å². The van der Waals surface area contributed by atoms with Gasteiger partial charge in [0.2, 0.25) is 0 Å². The average Bonchev–Trinajstić information content (AvgIpc) is 4.11. The molecule has 0 spiro atoms. The van der Waals surface area contributed by atoms with E-state index >= 15 is 0 Å². The summed E-state index contributed by atoms with van der Waals surface area (Å²) in [6.07, 6.45) is 0. The van der Waals surface area contributed by atoms with Gasteiger partial charge in [0.15, 0.2) is 0 Å². The molecule has 0 radical (unpaired) electrons. The van der Waals surface area contributed by atoms with Crippen LogP contribution in [-0.2, 0) is 0 Å². The third-order valence-corrected chi connectivity index (χ3v) is 31.4. The molecule has 0 bridgehead atoms. The molecule has 60 heavy (non-hydrogen) atoms. The van der Waals surface area contributed by atoms with Crippen LogP contribution in [0.15, 0.2) is 100.0 Å². The Morgan fingerprint density at radius 3 is 0.767 bits per heavy atom. The molecule has 312 valence electrons. The molecule has 0 nitrogen and oxygen atoms in total. The van der Waals surface area contributed by atoms with Gasteiger partial charge in [-0.25, -0.2) is 0 Å². The summed E-state index contributed by atoms with van der Waals surface area (Å²) in [5.41, 5.74) is 2.80. The van der Waals surface area contributed by atoms with Crippen molar-refractivity contribution in [1.82, 2.24) is 0 Å². The van der Waals surface area contributed by atoms with E-state index in [0.717, 1.165) is 65.9 Å². The fourth-order valence-corrected chi connectivity index (χ4v) is 28.9. The van der Waals surface area contributed by atoms with Crippen molar-refractivity contribution < 1.29 is 0 Å². The number of rotatable bonds is 12. The monoisotopic (exact) mass is 1120 g/mol. The maximum atomic E-state index is 3.50. The first-order chi connectivity index (χ1) is 29.4. The topological polar surface area (TPSA) is 0 Å². The lowest BCUT2D eigenvalue weighted by Crippen LogP contribution is -1.85. The minimum atomic E-state index is 0.933. The molecule has 0 unspecified atom stereocenters. The van der Waals surface area contributed by atoms with Crippen molar-refractivity contribution in [2.45, 2.75) is 41.5 Å². The van der Waals surface area contributed by atoms with Crippen LogP contribution < -0.4 is 0 Å². The number of hydrogen-bond donors (Lipinski definition) is 0. The zero-order chi connectivity index (χ0) is 41.8. The first-order valence-electron chi connectivity index (χ1n) is 18.5. The molecule has 6 aliphatic rings.